The number of nitrogens with zero attached hydrogens (tertiary/aromatic N) is 2. The van der Waals surface area contributed by atoms with Crippen LogP contribution >= 0.6 is 0 Å². The van der Waals surface area contributed by atoms with Crippen LogP contribution in [0.15, 0.2) is 35.4 Å². The molecule has 1 unspecified atom stereocenters. The average Bonchev–Trinajstić information content (AvgIpc) is 3.92. The zero-order chi connectivity index (χ0) is 41.0. The molecular weight excluding hydrogens is 728 g/mol. The van der Waals surface area contributed by atoms with E-state index in [9.17, 15) is 28.8 Å². The van der Waals surface area contributed by atoms with E-state index in [0.29, 0.717) is 43.2 Å². The highest BCUT2D eigenvalue weighted by molar-refractivity contribution is 6.01. The number of ether oxygens (including phenoxy) is 4. The van der Waals surface area contributed by atoms with Crippen LogP contribution in [0.2, 0.25) is 0 Å². The fraction of sp³-hybridized carbons (Fsp3) is 0.644. The maximum absolute atomic E-state index is 13.5. The topological polar surface area (TPSA) is 146 Å². The van der Waals surface area contributed by atoms with Crippen molar-refractivity contribution in [3.05, 3.63) is 52.1 Å². The number of allylic oxidation sites excluding steroid dienone is 3. The fourth-order valence-electron chi connectivity index (χ4n) is 10.2. The van der Waals surface area contributed by atoms with E-state index in [0.717, 1.165) is 60.8 Å². The number of amides is 2. The number of hydrogen-bond donors (Lipinski definition) is 0. The van der Waals surface area contributed by atoms with Gasteiger partial charge in [-0.3, -0.25) is 19.4 Å². The first kappa shape index (κ1) is 40.7. The van der Waals surface area contributed by atoms with Gasteiger partial charge in [0.2, 0.25) is 0 Å². The summed E-state index contributed by atoms with van der Waals surface area (Å²) in [7, 11) is 0. The number of carbonyl (C=O) groups is 6. The fourth-order valence-corrected chi connectivity index (χ4v) is 10.2. The van der Waals surface area contributed by atoms with Gasteiger partial charge in [-0.15, -0.1) is 0 Å². The highest BCUT2D eigenvalue weighted by atomic mass is 16.6. The Hall–Kier alpha value is -4.48. The van der Waals surface area contributed by atoms with Gasteiger partial charge in [0.1, 0.15) is 23.3 Å². The first-order valence-corrected chi connectivity index (χ1v) is 20.9. The van der Waals surface area contributed by atoms with Gasteiger partial charge in [-0.2, -0.15) is 0 Å². The number of Topliss-reactive ketones (excluding diaryl/α,β-unsaturated/α-hetero) is 2. The van der Waals surface area contributed by atoms with Crippen LogP contribution in [-0.4, -0.2) is 94.1 Å². The molecule has 2 saturated heterocycles. The van der Waals surface area contributed by atoms with Crippen LogP contribution in [0.4, 0.5) is 9.59 Å². The number of rotatable bonds is 8. The van der Waals surface area contributed by atoms with Crippen molar-refractivity contribution in [3.8, 4) is 0 Å². The van der Waals surface area contributed by atoms with Gasteiger partial charge in [0.15, 0.2) is 24.8 Å². The highest BCUT2D eigenvalue weighted by Gasteiger charge is 2.52. The van der Waals surface area contributed by atoms with E-state index >= 15 is 0 Å². The van der Waals surface area contributed by atoms with Crippen LogP contribution in [0.3, 0.4) is 0 Å². The number of ketones is 2. The molecule has 2 aliphatic heterocycles. The molecular formula is C45H58N2O10. The van der Waals surface area contributed by atoms with E-state index in [1.165, 1.54) is 0 Å². The molecule has 0 bridgehead atoms. The second-order valence-corrected chi connectivity index (χ2v) is 18.9. The smallest absolute Gasteiger partial charge is 0.411 e. The van der Waals surface area contributed by atoms with Crippen molar-refractivity contribution >= 4 is 41.3 Å². The van der Waals surface area contributed by atoms with E-state index in [4.69, 9.17) is 18.9 Å². The molecule has 2 saturated carbocycles. The summed E-state index contributed by atoms with van der Waals surface area (Å²) in [5.74, 6) is -1.27. The van der Waals surface area contributed by atoms with Gasteiger partial charge in [-0.25, -0.2) is 19.2 Å². The van der Waals surface area contributed by atoms with Crippen LogP contribution in [0.1, 0.15) is 134 Å². The van der Waals surface area contributed by atoms with Gasteiger partial charge >= 0.3 is 24.1 Å². The molecule has 2 heterocycles. The zero-order valence-corrected chi connectivity index (χ0v) is 34.5. The predicted octanol–water partition coefficient (Wildman–Crippen LogP) is 7.55. The number of carbonyl (C=O) groups excluding carboxylic acids is 6. The number of benzene rings is 1. The lowest BCUT2D eigenvalue weighted by molar-refractivity contribution is -0.152. The Labute approximate surface area is 335 Å². The molecule has 0 aromatic heterocycles. The first-order valence-electron chi connectivity index (χ1n) is 20.9. The summed E-state index contributed by atoms with van der Waals surface area (Å²) in [5.41, 5.74) is 3.90. The molecule has 0 radical (unpaired) electrons. The summed E-state index contributed by atoms with van der Waals surface area (Å²) in [6.07, 6.45) is 9.27. The average molecular weight is 787 g/mol. The summed E-state index contributed by atoms with van der Waals surface area (Å²) in [5, 5.41) is 0. The molecule has 4 fully saturated rings. The number of aryl methyl sites for hydroxylation is 1. The quantitative estimate of drug-likeness (QED) is 0.147. The monoisotopic (exact) mass is 786 g/mol. The molecule has 6 aliphatic rings. The minimum absolute atomic E-state index is 0.0110. The maximum atomic E-state index is 13.5. The molecule has 0 N–H and O–H groups in total. The first-order chi connectivity index (χ1) is 26.9. The Morgan fingerprint density at radius 1 is 0.702 bits per heavy atom. The minimum Gasteiger partial charge on any atom is -0.456 e. The largest absolute Gasteiger partial charge is 0.456 e. The minimum atomic E-state index is -0.775. The third kappa shape index (κ3) is 8.56. The second-order valence-electron chi connectivity index (χ2n) is 18.9. The van der Waals surface area contributed by atoms with Crippen LogP contribution in [-0.2, 0) is 39.8 Å². The molecule has 12 nitrogen and oxygen atoms in total. The normalized spacial score (nSPS) is 27.8. The summed E-state index contributed by atoms with van der Waals surface area (Å²) in [6, 6.07) is 3.91. The van der Waals surface area contributed by atoms with Crippen molar-refractivity contribution in [1.82, 2.24) is 9.80 Å². The Morgan fingerprint density at radius 2 is 1.23 bits per heavy atom. The second kappa shape index (κ2) is 15.7. The van der Waals surface area contributed by atoms with Gasteiger partial charge < -0.3 is 18.9 Å². The lowest BCUT2D eigenvalue weighted by Crippen LogP contribution is -2.48. The SMILES string of the molecule is CC1CC(C(=O)COC(=O)[C@@H]2C[C@@H]3CCC[C@@H]3N2C(=O)OC(C)(C)C)=CC2=C1c1ccc(C(=O)COC(=O)[C@@H]3C[C@@H]4CCC[C@@H]4N3C(=O)OC(C)(C)C)cc1CC2. The lowest BCUT2D eigenvalue weighted by atomic mass is 9.73. The van der Waals surface area contributed by atoms with Gasteiger partial charge in [0, 0.05) is 17.6 Å². The third-order valence-electron chi connectivity index (χ3n) is 12.6. The molecule has 308 valence electrons. The van der Waals surface area contributed by atoms with Crippen molar-refractivity contribution in [1.29, 1.82) is 0 Å². The standard InChI is InChI=1S/C45H58N2O10/c1-25-18-31(38(49)24-55-41(51)36-22-28-11-9-13-34(28)47(36)43(53)57-45(5,6)7)20-30-15-14-26-19-29(16-17-32(26)39(25)30)37(48)23-54-40(50)35-21-27-10-8-12-33(27)46(35)42(52)56-44(2,3)4/h16-17,19-20,25,27-28,33-36H,8-15,18,21-24H2,1-7H3/t25?,27-,28-,33-,34-,35-,36-/m0/s1. The van der Waals surface area contributed by atoms with Gasteiger partial charge in [-0.05, 0) is 151 Å². The summed E-state index contributed by atoms with van der Waals surface area (Å²) in [4.78, 5) is 83.0. The summed E-state index contributed by atoms with van der Waals surface area (Å²) >= 11 is 0. The summed E-state index contributed by atoms with van der Waals surface area (Å²) < 4.78 is 22.5. The van der Waals surface area contributed by atoms with E-state index < -0.39 is 54.0 Å². The van der Waals surface area contributed by atoms with E-state index in [-0.39, 0.29) is 48.0 Å². The van der Waals surface area contributed by atoms with Gasteiger partial charge in [0.25, 0.3) is 0 Å². The zero-order valence-electron chi connectivity index (χ0n) is 34.5. The van der Waals surface area contributed by atoms with Crippen LogP contribution in [0.5, 0.6) is 0 Å². The molecule has 7 rings (SSSR count). The van der Waals surface area contributed by atoms with E-state index in [2.05, 4.69) is 6.92 Å². The molecule has 7 atom stereocenters. The Bertz CT molecular complexity index is 1900. The van der Waals surface area contributed by atoms with Crippen LogP contribution in [0, 0.1) is 17.8 Å². The number of esters is 2. The predicted molar refractivity (Wildman–Crippen MR) is 210 cm³/mol. The number of fused-ring (bicyclic) bond motifs is 4. The Kier molecular flexibility index (Phi) is 11.2. The van der Waals surface area contributed by atoms with Crippen LogP contribution in [0.25, 0.3) is 5.57 Å². The number of hydrogen-bond acceptors (Lipinski definition) is 10. The highest BCUT2D eigenvalue weighted by Crippen LogP contribution is 2.45. The van der Waals surface area contributed by atoms with Gasteiger partial charge in [-0.1, -0.05) is 38.0 Å². The maximum Gasteiger partial charge on any atom is 0.411 e. The summed E-state index contributed by atoms with van der Waals surface area (Å²) in [6.45, 7) is 12.1. The molecule has 12 heteroatoms. The number of likely N-dealkylation sites (tertiary alicyclic amines) is 2. The van der Waals surface area contributed by atoms with Gasteiger partial charge in [0.05, 0.1) is 0 Å². The van der Waals surface area contributed by atoms with Crippen molar-refractivity contribution in [2.24, 2.45) is 17.8 Å². The third-order valence-corrected chi connectivity index (χ3v) is 12.6. The molecule has 0 spiro atoms. The molecule has 1 aromatic carbocycles. The Morgan fingerprint density at radius 3 is 1.75 bits per heavy atom. The Balaban J connectivity index is 0.969. The van der Waals surface area contributed by atoms with Crippen molar-refractivity contribution in [2.45, 2.75) is 154 Å². The lowest BCUT2D eigenvalue weighted by Gasteiger charge is -2.32. The van der Waals surface area contributed by atoms with E-state index in [1.807, 2.05) is 18.2 Å². The molecule has 2 amide bonds. The molecule has 4 aliphatic carbocycles. The van der Waals surface area contributed by atoms with Crippen molar-refractivity contribution in [2.75, 3.05) is 13.2 Å². The molecule has 57 heavy (non-hydrogen) atoms. The van der Waals surface area contributed by atoms with Crippen molar-refractivity contribution in [3.63, 3.8) is 0 Å². The van der Waals surface area contributed by atoms with E-state index in [1.54, 1.807) is 57.4 Å². The molecule has 1 aromatic rings. The van der Waals surface area contributed by atoms with Crippen molar-refractivity contribution < 1.29 is 47.7 Å². The van der Waals surface area contributed by atoms with Crippen LogP contribution < -0.4 is 0 Å².